The Hall–Kier alpha value is -3.41. The molecule has 2 amide bonds. The molecule has 0 bridgehead atoms. The fourth-order valence-corrected chi connectivity index (χ4v) is 3.03. The Balaban J connectivity index is 1.64. The van der Waals surface area contributed by atoms with Crippen molar-refractivity contribution in [1.82, 2.24) is 20.0 Å². The first-order valence-corrected chi connectivity index (χ1v) is 9.15. The maximum absolute atomic E-state index is 12.5. The van der Waals surface area contributed by atoms with Crippen molar-refractivity contribution >= 4 is 11.8 Å². The Bertz CT molecular complexity index is 965. The number of amides is 2. The highest BCUT2D eigenvalue weighted by atomic mass is 16.2. The normalized spacial score (nSPS) is 10.5. The van der Waals surface area contributed by atoms with Crippen molar-refractivity contribution in [3.05, 3.63) is 83.2 Å². The smallest absolute Gasteiger partial charge is 0.251 e. The average molecular weight is 376 g/mol. The van der Waals surface area contributed by atoms with Gasteiger partial charge in [-0.2, -0.15) is 5.10 Å². The Morgan fingerprint density at radius 2 is 1.61 bits per heavy atom. The lowest BCUT2D eigenvalue weighted by Gasteiger charge is -2.18. The number of aryl methyl sites for hydroxylation is 1. The van der Waals surface area contributed by atoms with Gasteiger partial charge in [0, 0.05) is 30.4 Å². The molecule has 0 unspecified atom stereocenters. The minimum Gasteiger partial charge on any atom is -0.343 e. The van der Waals surface area contributed by atoms with Gasteiger partial charge < -0.3 is 10.2 Å². The zero-order valence-electron chi connectivity index (χ0n) is 16.3. The monoisotopic (exact) mass is 376 g/mol. The van der Waals surface area contributed by atoms with E-state index in [1.807, 2.05) is 54.9 Å². The molecule has 3 aromatic rings. The van der Waals surface area contributed by atoms with Crippen LogP contribution in [0.4, 0.5) is 0 Å². The predicted octanol–water partition coefficient (Wildman–Crippen LogP) is 2.88. The van der Waals surface area contributed by atoms with Crippen LogP contribution in [0.25, 0.3) is 5.69 Å². The van der Waals surface area contributed by atoms with Crippen LogP contribution >= 0.6 is 0 Å². The summed E-state index contributed by atoms with van der Waals surface area (Å²) in [5, 5.41) is 7.29. The Labute approximate surface area is 164 Å². The molecular weight excluding hydrogens is 352 g/mol. The van der Waals surface area contributed by atoms with Crippen LogP contribution in [0.5, 0.6) is 0 Å². The lowest BCUT2D eigenvalue weighted by Crippen LogP contribution is -2.38. The molecule has 0 aliphatic heterocycles. The highest BCUT2D eigenvalue weighted by molar-refractivity contribution is 5.96. The zero-order chi connectivity index (χ0) is 20.1. The number of benzene rings is 2. The van der Waals surface area contributed by atoms with Gasteiger partial charge in [-0.3, -0.25) is 9.59 Å². The van der Waals surface area contributed by atoms with Crippen LogP contribution in [-0.2, 0) is 11.3 Å². The summed E-state index contributed by atoms with van der Waals surface area (Å²) in [6, 6.07) is 18.8. The Kier molecular flexibility index (Phi) is 5.89. The van der Waals surface area contributed by atoms with Crippen LogP contribution in [0.2, 0.25) is 0 Å². The number of nitrogens with one attached hydrogen (secondary N) is 1. The van der Waals surface area contributed by atoms with Crippen molar-refractivity contribution in [3.63, 3.8) is 0 Å². The third-order valence-electron chi connectivity index (χ3n) is 4.70. The van der Waals surface area contributed by atoms with E-state index in [0.717, 1.165) is 22.6 Å². The van der Waals surface area contributed by atoms with Crippen molar-refractivity contribution in [2.45, 2.75) is 20.4 Å². The molecule has 0 saturated heterocycles. The van der Waals surface area contributed by atoms with Crippen molar-refractivity contribution in [2.24, 2.45) is 0 Å². The summed E-state index contributed by atoms with van der Waals surface area (Å²) in [7, 11) is 1.73. The molecule has 1 heterocycles. The molecule has 0 aliphatic carbocycles. The summed E-state index contributed by atoms with van der Waals surface area (Å²) >= 11 is 0. The Morgan fingerprint density at radius 1 is 1.00 bits per heavy atom. The van der Waals surface area contributed by atoms with Crippen LogP contribution < -0.4 is 5.32 Å². The first-order valence-electron chi connectivity index (χ1n) is 9.15. The largest absolute Gasteiger partial charge is 0.343 e. The van der Waals surface area contributed by atoms with Crippen LogP contribution in [0, 0.1) is 13.8 Å². The summed E-state index contributed by atoms with van der Waals surface area (Å²) < 4.78 is 1.89. The molecule has 3 rings (SSSR count). The van der Waals surface area contributed by atoms with E-state index < -0.39 is 0 Å². The van der Waals surface area contributed by atoms with Gasteiger partial charge in [0.25, 0.3) is 5.91 Å². The number of nitrogens with zero attached hydrogens (tertiary/aromatic N) is 3. The summed E-state index contributed by atoms with van der Waals surface area (Å²) in [4.78, 5) is 26.2. The predicted molar refractivity (Wildman–Crippen MR) is 108 cm³/mol. The van der Waals surface area contributed by atoms with Crippen molar-refractivity contribution in [1.29, 1.82) is 0 Å². The van der Waals surface area contributed by atoms with Crippen molar-refractivity contribution < 1.29 is 9.59 Å². The second-order valence-corrected chi connectivity index (χ2v) is 6.70. The average Bonchev–Trinajstić information content (AvgIpc) is 3.01. The molecule has 6 heteroatoms. The van der Waals surface area contributed by atoms with E-state index in [1.54, 1.807) is 36.2 Å². The second-order valence-electron chi connectivity index (χ2n) is 6.70. The van der Waals surface area contributed by atoms with E-state index in [-0.39, 0.29) is 18.4 Å². The number of carbonyl (C=O) groups is 2. The van der Waals surface area contributed by atoms with Crippen molar-refractivity contribution in [3.8, 4) is 5.69 Å². The van der Waals surface area contributed by atoms with Crippen LogP contribution in [0.3, 0.4) is 0 Å². The first kappa shape index (κ1) is 19.4. The minimum atomic E-state index is -0.258. The number of hydrogen-bond acceptors (Lipinski definition) is 3. The molecule has 0 fully saturated rings. The van der Waals surface area contributed by atoms with E-state index in [4.69, 9.17) is 0 Å². The van der Waals surface area contributed by atoms with E-state index in [0.29, 0.717) is 12.1 Å². The summed E-state index contributed by atoms with van der Waals surface area (Å²) in [5.74, 6) is -0.415. The third-order valence-corrected chi connectivity index (χ3v) is 4.70. The maximum Gasteiger partial charge on any atom is 0.251 e. The molecule has 0 aliphatic rings. The molecule has 0 saturated carbocycles. The number of carbonyl (C=O) groups excluding carboxylic acids is 2. The fraction of sp³-hybridized carbons (Fsp3) is 0.227. The molecule has 0 atom stereocenters. The molecule has 6 nitrogen and oxygen atoms in total. The number of aromatic nitrogens is 2. The molecule has 1 aromatic heterocycles. The standard InChI is InChI=1S/C22H24N4O2/c1-16-20(17(2)26(24-16)19-12-8-5-9-13-19)15-25(3)21(27)14-23-22(28)18-10-6-4-7-11-18/h4-13H,14-15H2,1-3H3,(H,23,28). The van der Waals surface area contributed by atoms with Crippen LogP contribution in [-0.4, -0.2) is 40.1 Å². The molecule has 2 aromatic carbocycles. The second kappa shape index (κ2) is 8.52. The van der Waals surface area contributed by atoms with E-state index in [9.17, 15) is 9.59 Å². The van der Waals surface area contributed by atoms with Gasteiger partial charge in [0.05, 0.1) is 17.9 Å². The summed E-state index contributed by atoms with van der Waals surface area (Å²) in [6.07, 6.45) is 0. The van der Waals surface area contributed by atoms with Gasteiger partial charge in [-0.15, -0.1) is 0 Å². The number of rotatable bonds is 6. The first-order chi connectivity index (χ1) is 13.5. The highest BCUT2D eigenvalue weighted by Gasteiger charge is 2.18. The van der Waals surface area contributed by atoms with E-state index in [2.05, 4.69) is 10.4 Å². The lowest BCUT2D eigenvalue weighted by molar-refractivity contribution is -0.129. The van der Waals surface area contributed by atoms with Gasteiger partial charge in [0.15, 0.2) is 0 Å². The molecule has 144 valence electrons. The van der Waals surface area contributed by atoms with Gasteiger partial charge in [0.2, 0.25) is 5.91 Å². The van der Waals surface area contributed by atoms with Crippen molar-refractivity contribution in [2.75, 3.05) is 13.6 Å². The quantitative estimate of drug-likeness (QED) is 0.719. The summed E-state index contributed by atoms with van der Waals surface area (Å²) in [5.41, 5.74) is 4.41. The van der Waals surface area contributed by atoms with Crippen LogP contribution in [0.15, 0.2) is 60.7 Å². The zero-order valence-corrected chi connectivity index (χ0v) is 16.3. The van der Waals surface area contributed by atoms with Gasteiger partial charge in [-0.25, -0.2) is 4.68 Å². The molecule has 28 heavy (non-hydrogen) atoms. The third kappa shape index (κ3) is 4.28. The SMILES string of the molecule is Cc1nn(-c2ccccc2)c(C)c1CN(C)C(=O)CNC(=O)c1ccccc1. The molecule has 1 N–H and O–H groups in total. The molecular formula is C22H24N4O2. The van der Waals surface area contributed by atoms with E-state index in [1.165, 1.54) is 0 Å². The van der Waals surface area contributed by atoms with Gasteiger partial charge in [0.1, 0.15) is 0 Å². The van der Waals surface area contributed by atoms with E-state index >= 15 is 0 Å². The Morgan fingerprint density at radius 3 is 2.25 bits per heavy atom. The van der Waals surface area contributed by atoms with Gasteiger partial charge in [-0.1, -0.05) is 36.4 Å². The number of para-hydroxylation sites is 1. The van der Waals surface area contributed by atoms with Gasteiger partial charge >= 0.3 is 0 Å². The molecule has 0 spiro atoms. The number of hydrogen-bond donors (Lipinski definition) is 1. The molecule has 0 radical (unpaired) electrons. The summed E-state index contributed by atoms with van der Waals surface area (Å²) in [6.45, 7) is 4.33. The minimum absolute atomic E-state index is 0.0465. The fourth-order valence-electron chi connectivity index (χ4n) is 3.03. The van der Waals surface area contributed by atoms with Gasteiger partial charge in [-0.05, 0) is 38.1 Å². The van der Waals surface area contributed by atoms with Crippen LogP contribution in [0.1, 0.15) is 27.3 Å². The number of likely N-dealkylation sites (N-methyl/N-ethyl adjacent to an activating group) is 1. The lowest BCUT2D eigenvalue weighted by atomic mass is 10.2. The highest BCUT2D eigenvalue weighted by Crippen LogP contribution is 2.19. The maximum atomic E-state index is 12.5. The topological polar surface area (TPSA) is 67.2 Å².